The molecular formula is C15H18N2O4. The Morgan fingerprint density at radius 3 is 2.95 bits per heavy atom. The van der Waals surface area contributed by atoms with E-state index in [1.807, 2.05) is 6.92 Å². The fraction of sp³-hybridized carbons (Fsp3) is 0.467. The zero-order chi connectivity index (χ0) is 15.2. The lowest BCUT2D eigenvalue weighted by molar-refractivity contribution is 0.0677. The molecule has 0 spiro atoms. The lowest BCUT2D eigenvalue weighted by Crippen LogP contribution is -2.47. The predicted molar refractivity (Wildman–Crippen MR) is 77.5 cm³/mol. The summed E-state index contributed by atoms with van der Waals surface area (Å²) in [5, 5.41) is 19.8. The first kappa shape index (κ1) is 13.9. The molecule has 0 bridgehead atoms. The number of aliphatic imine (C=N–C) groups is 1. The molecule has 112 valence electrons. The second kappa shape index (κ2) is 4.73. The summed E-state index contributed by atoms with van der Waals surface area (Å²) in [6, 6.07) is 2.94. The molecule has 2 atom stereocenters. The molecule has 0 saturated carbocycles. The number of nitrogens with zero attached hydrogens (tertiary/aromatic N) is 2. The van der Waals surface area contributed by atoms with E-state index in [9.17, 15) is 15.0 Å². The molecule has 0 aliphatic carbocycles. The highest BCUT2D eigenvalue weighted by atomic mass is 16.5. The van der Waals surface area contributed by atoms with Crippen molar-refractivity contribution >= 4 is 17.8 Å². The van der Waals surface area contributed by atoms with Crippen LogP contribution in [0, 0.1) is 0 Å². The van der Waals surface area contributed by atoms with Crippen LogP contribution in [0.3, 0.4) is 0 Å². The normalized spacial score (nSPS) is 27.3. The van der Waals surface area contributed by atoms with Crippen molar-refractivity contribution in [1.29, 1.82) is 0 Å². The van der Waals surface area contributed by atoms with E-state index in [-0.39, 0.29) is 17.4 Å². The molecule has 6 heteroatoms. The average Bonchev–Trinajstić information content (AvgIpc) is 2.77. The van der Waals surface area contributed by atoms with Gasteiger partial charge in [0.15, 0.2) is 11.5 Å². The Balaban J connectivity index is 2.14. The van der Waals surface area contributed by atoms with Gasteiger partial charge in [-0.05, 0) is 12.5 Å². The Kier molecular flexibility index (Phi) is 3.13. The van der Waals surface area contributed by atoms with E-state index in [0.29, 0.717) is 30.6 Å². The SMILES string of the molecule is CCC12C=Nc3cc(O)c(OC)cc3C(=O)N1C[C@H](O)C2. The summed E-state index contributed by atoms with van der Waals surface area (Å²) in [4.78, 5) is 18.9. The molecule has 3 rings (SSSR count). The van der Waals surface area contributed by atoms with Gasteiger partial charge < -0.3 is 19.8 Å². The molecule has 2 aliphatic heterocycles. The largest absolute Gasteiger partial charge is 0.504 e. The van der Waals surface area contributed by atoms with Crippen LogP contribution in [0.15, 0.2) is 17.1 Å². The van der Waals surface area contributed by atoms with Crippen LogP contribution in [-0.2, 0) is 0 Å². The van der Waals surface area contributed by atoms with Crippen LogP contribution in [-0.4, -0.2) is 52.5 Å². The number of aliphatic hydroxyl groups is 1. The molecule has 1 aromatic carbocycles. The summed E-state index contributed by atoms with van der Waals surface area (Å²) >= 11 is 0. The Morgan fingerprint density at radius 1 is 1.52 bits per heavy atom. The van der Waals surface area contributed by atoms with Crippen molar-refractivity contribution in [1.82, 2.24) is 4.90 Å². The Morgan fingerprint density at radius 2 is 2.29 bits per heavy atom. The number of methoxy groups -OCH3 is 1. The highest BCUT2D eigenvalue weighted by Gasteiger charge is 2.47. The highest BCUT2D eigenvalue weighted by Crippen LogP contribution is 2.41. The number of fused-ring (bicyclic) bond motifs is 2. The third kappa shape index (κ3) is 1.98. The van der Waals surface area contributed by atoms with Gasteiger partial charge in [0.25, 0.3) is 5.91 Å². The number of benzene rings is 1. The number of carbonyl (C=O) groups excluding carboxylic acids is 1. The van der Waals surface area contributed by atoms with Crippen molar-refractivity contribution < 1.29 is 19.7 Å². The van der Waals surface area contributed by atoms with E-state index in [0.717, 1.165) is 0 Å². The van der Waals surface area contributed by atoms with Gasteiger partial charge in [0.05, 0.1) is 30.0 Å². The lowest BCUT2D eigenvalue weighted by atomic mass is 9.93. The third-order valence-corrected chi connectivity index (χ3v) is 4.35. The number of phenols is 1. The van der Waals surface area contributed by atoms with E-state index >= 15 is 0 Å². The van der Waals surface area contributed by atoms with Gasteiger partial charge in [0.1, 0.15) is 0 Å². The molecule has 2 N–H and O–H groups in total. The molecule has 0 radical (unpaired) electrons. The minimum Gasteiger partial charge on any atom is -0.504 e. The van der Waals surface area contributed by atoms with Gasteiger partial charge in [-0.1, -0.05) is 6.92 Å². The van der Waals surface area contributed by atoms with Gasteiger partial charge in [-0.25, -0.2) is 0 Å². The fourth-order valence-corrected chi connectivity index (χ4v) is 3.14. The number of rotatable bonds is 2. The summed E-state index contributed by atoms with van der Waals surface area (Å²) in [7, 11) is 1.43. The molecule has 0 aromatic heterocycles. The van der Waals surface area contributed by atoms with Crippen LogP contribution >= 0.6 is 0 Å². The first-order valence-electron chi connectivity index (χ1n) is 6.97. The van der Waals surface area contributed by atoms with Crippen LogP contribution in [0.25, 0.3) is 0 Å². The minimum absolute atomic E-state index is 0.0474. The van der Waals surface area contributed by atoms with E-state index in [1.54, 1.807) is 11.1 Å². The summed E-state index contributed by atoms with van der Waals surface area (Å²) < 4.78 is 5.06. The van der Waals surface area contributed by atoms with Crippen LogP contribution in [0.5, 0.6) is 11.5 Å². The molecule has 1 aromatic rings. The van der Waals surface area contributed by atoms with Gasteiger partial charge in [-0.3, -0.25) is 9.79 Å². The summed E-state index contributed by atoms with van der Waals surface area (Å²) in [6.07, 6.45) is 2.34. The number of hydrogen-bond acceptors (Lipinski definition) is 5. The van der Waals surface area contributed by atoms with Crippen molar-refractivity contribution in [3.63, 3.8) is 0 Å². The van der Waals surface area contributed by atoms with E-state index < -0.39 is 11.6 Å². The number of carbonyl (C=O) groups is 1. The zero-order valence-electron chi connectivity index (χ0n) is 12.0. The molecule has 1 amide bonds. The second-order valence-corrected chi connectivity index (χ2v) is 5.53. The highest BCUT2D eigenvalue weighted by molar-refractivity contribution is 6.04. The van der Waals surface area contributed by atoms with E-state index in [2.05, 4.69) is 4.99 Å². The van der Waals surface area contributed by atoms with Gasteiger partial charge in [-0.15, -0.1) is 0 Å². The van der Waals surface area contributed by atoms with Crippen LogP contribution < -0.4 is 4.74 Å². The maximum atomic E-state index is 12.8. The van der Waals surface area contributed by atoms with Crippen molar-refractivity contribution in [3.8, 4) is 11.5 Å². The van der Waals surface area contributed by atoms with Crippen molar-refractivity contribution in [3.05, 3.63) is 17.7 Å². The molecular weight excluding hydrogens is 272 g/mol. The number of ether oxygens (including phenoxy) is 1. The van der Waals surface area contributed by atoms with Gasteiger partial charge in [-0.2, -0.15) is 0 Å². The topological polar surface area (TPSA) is 82.4 Å². The monoisotopic (exact) mass is 290 g/mol. The maximum Gasteiger partial charge on any atom is 0.257 e. The Bertz CT molecular complexity index is 628. The van der Waals surface area contributed by atoms with Gasteiger partial charge >= 0.3 is 0 Å². The van der Waals surface area contributed by atoms with Crippen molar-refractivity contribution in [2.75, 3.05) is 13.7 Å². The molecule has 1 fully saturated rings. The number of aromatic hydroxyl groups is 1. The molecule has 6 nitrogen and oxygen atoms in total. The van der Waals surface area contributed by atoms with Crippen LogP contribution in [0.2, 0.25) is 0 Å². The number of amides is 1. The first-order valence-corrected chi connectivity index (χ1v) is 6.97. The molecule has 21 heavy (non-hydrogen) atoms. The quantitative estimate of drug-likeness (QED) is 0.864. The van der Waals surface area contributed by atoms with Crippen molar-refractivity contribution in [2.45, 2.75) is 31.4 Å². The van der Waals surface area contributed by atoms with Crippen molar-refractivity contribution in [2.24, 2.45) is 4.99 Å². The summed E-state index contributed by atoms with van der Waals surface area (Å²) in [6.45, 7) is 2.26. The lowest BCUT2D eigenvalue weighted by Gasteiger charge is -2.32. The van der Waals surface area contributed by atoms with Gasteiger partial charge in [0.2, 0.25) is 0 Å². The summed E-state index contributed by atoms with van der Waals surface area (Å²) in [5.74, 6) is -0.00548. The number of aliphatic hydroxyl groups excluding tert-OH is 1. The first-order chi connectivity index (χ1) is 10.0. The molecule has 2 aliphatic rings. The third-order valence-electron chi connectivity index (χ3n) is 4.35. The fourth-order valence-electron chi connectivity index (χ4n) is 3.14. The minimum atomic E-state index is -0.557. The summed E-state index contributed by atoms with van der Waals surface area (Å²) in [5.41, 5.74) is 0.249. The van der Waals surface area contributed by atoms with E-state index in [4.69, 9.17) is 4.74 Å². The van der Waals surface area contributed by atoms with Crippen LogP contribution in [0.4, 0.5) is 5.69 Å². The number of phenolic OH excluding ortho intramolecular Hbond substituents is 1. The number of hydrogen-bond donors (Lipinski definition) is 2. The molecule has 1 saturated heterocycles. The predicted octanol–water partition coefficient (Wildman–Crippen LogP) is 1.47. The van der Waals surface area contributed by atoms with Crippen LogP contribution in [0.1, 0.15) is 30.1 Å². The standard InChI is InChI=1S/C15H18N2O4/c1-3-15-6-9(18)7-17(15)14(20)10-4-13(21-2)12(19)5-11(10)16-8-15/h4-5,8-9,18-19H,3,6-7H2,1-2H3/t9-,15?/m1/s1. The second-order valence-electron chi connectivity index (χ2n) is 5.53. The Labute approximate surface area is 122 Å². The van der Waals surface area contributed by atoms with Gasteiger partial charge in [0, 0.05) is 25.2 Å². The zero-order valence-corrected chi connectivity index (χ0v) is 12.0. The maximum absolute atomic E-state index is 12.8. The molecule has 2 heterocycles. The van der Waals surface area contributed by atoms with E-state index in [1.165, 1.54) is 19.2 Å². The smallest absolute Gasteiger partial charge is 0.257 e. The average molecular weight is 290 g/mol. The number of β-amino-alcohol motifs (C(OH)–C–C–N with tert-alkyl or cyclic N) is 1. The Hall–Kier alpha value is -2.08. The molecule has 1 unspecified atom stereocenters.